The summed E-state index contributed by atoms with van der Waals surface area (Å²) in [6.45, 7) is 0. The number of benzene rings is 1. The summed E-state index contributed by atoms with van der Waals surface area (Å²) >= 11 is 0. The zero-order chi connectivity index (χ0) is 11.2. The first-order chi connectivity index (χ1) is 8.42. The molecule has 0 fully saturated rings. The summed E-state index contributed by atoms with van der Waals surface area (Å²) in [5.41, 5.74) is 2.43. The number of aromatic nitrogens is 1. The molecule has 1 N–H and O–H groups in total. The van der Waals surface area contributed by atoms with E-state index in [0.717, 1.165) is 23.3 Å². The quantitative estimate of drug-likeness (QED) is 0.751. The minimum atomic E-state index is 0. The van der Waals surface area contributed by atoms with E-state index in [-0.39, 0.29) is 12.4 Å². The maximum atomic E-state index is 6.03. The summed E-state index contributed by atoms with van der Waals surface area (Å²) in [5.74, 6) is 1.95. The third kappa shape index (κ3) is 1.50. The van der Waals surface area contributed by atoms with Crippen molar-refractivity contribution in [1.82, 2.24) is 4.98 Å². The fourth-order valence-electron chi connectivity index (χ4n) is 2.43. The molecule has 90 valence electrons. The van der Waals surface area contributed by atoms with Crippen molar-refractivity contribution in [3.05, 3.63) is 59.7 Å². The van der Waals surface area contributed by atoms with E-state index in [4.69, 9.17) is 4.74 Å². The first kappa shape index (κ1) is 11.2. The smallest absolute Gasteiger partial charge is 0.144 e. The molecule has 0 radical (unpaired) electrons. The Bertz CT molecular complexity index is 706. The number of halogens is 1. The summed E-state index contributed by atoms with van der Waals surface area (Å²) in [7, 11) is 0. The van der Waals surface area contributed by atoms with Crippen LogP contribution in [0, 0.1) is 0 Å². The predicted molar refractivity (Wildman–Crippen MR) is 76.0 cm³/mol. The van der Waals surface area contributed by atoms with Gasteiger partial charge < -0.3 is 9.72 Å². The number of aromatic amines is 1. The minimum Gasteiger partial charge on any atom is -0.456 e. The summed E-state index contributed by atoms with van der Waals surface area (Å²) in [5, 5.41) is 2.33. The van der Waals surface area contributed by atoms with Gasteiger partial charge in [0.25, 0.3) is 0 Å². The van der Waals surface area contributed by atoms with E-state index in [1.807, 2.05) is 18.5 Å². The van der Waals surface area contributed by atoms with Gasteiger partial charge in [0.1, 0.15) is 11.5 Å². The Kier molecular flexibility index (Phi) is 2.53. The molecule has 0 spiro atoms. The van der Waals surface area contributed by atoms with Crippen LogP contribution in [0.25, 0.3) is 16.8 Å². The highest BCUT2D eigenvalue weighted by atomic mass is 35.5. The Hall–Kier alpha value is -1.93. The van der Waals surface area contributed by atoms with Crippen molar-refractivity contribution in [1.29, 1.82) is 0 Å². The zero-order valence-electron chi connectivity index (χ0n) is 9.64. The number of ether oxygens (including phenoxy) is 1. The number of hydrogen-bond donors (Lipinski definition) is 1. The average molecular weight is 258 g/mol. The molecule has 0 saturated heterocycles. The van der Waals surface area contributed by atoms with Gasteiger partial charge in [-0.2, -0.15) is 0 Å². The second kappa shape index (κ2) is 4.07. The molecule has 2 heterocycles. The Morgan fingerprint density at radius 2 is 2.11 bits per heavy atom. The highest BCUT2D eigenvalue weighted by molar-refractivity contribution is 5.93. The molecule has 0 saturated carbocycles. The number of allylic oxidation sites excluding steroid dienone is 4. The molecule has 0 unspecified atom stereocenters. The molecule has 2 nitrogen and oxygen atoms in total. The Balaban J connectivity index is 0.000001000. The van der Waals surface area contributed by atoms with Crippen LogP contribution in [-0.4, -0.2) is 4.98 Å². The molecule has 2 aliphatic rings. The highest BCUT2D eigenvalue weighted by Crippen LogP contribution is 2.39. The lowest BCUT2D eigenvalue weighted by atomic mass is 9.98. The monoisotopic (exact) mass is 257 g/mol. The predicted octanol–water partition coefficient (Wildman–Crippen LogP) is 4.21. The van der Waals surface area contributed by atoms with Crippen LogP contribution in [0.5, 0.6) is 5.75 Å². The van der Waals surface area contributed by atoms with Crippen LogP contribution in [0.3, 0.4) is 0 Å². The van der Waals surface area contributed by atoms with Gasteiger partial charge in [-0.1, -0.05) is 24.3 Å². The molecule has 0 bridgehead atoms. The second-order valence-corrected chi connectivity index (χ2v) is 4.38. The van der Waals surface area contributed by atoms with Crippen LogP contribution in [-0.2, 0) is 0 Å². The van der Waals surface area contributed by atoms with Gasteiger partial charge in [-0.05, 0) is 24.1 Å². The van der Waals surface area contributed by atoms with Gasteiger partial charge in [-0.25, -0.2) is 0 Å². The molecule has 3 heteroatoms. The maximum absolute atomic E-state index is 6.03. The third-order valence-corrected chi connectivity index (χ3v) is 3.31. The number of hydrogen-bond acceptors (Lipinski definition) is 1. The van der Waals surface area contributed by atoms with E-state index in [2.05, 4.69) is 35.3 Å². The molecule has 0 amide bonds. The number of rotatable bonds is 0. The van der Waals surface area contributed by atoms with Crippen molar-refractivity contribution < 1.29 is 4.74 Å². The standard InChI is InChI=1S/C15H11NO.ClH/c1-2-4-14-10(3-1)7-11-5-6-12-8-16-9-13(12)15(11)17-14;/h1-2,4-9,16H,3H2;1H. The van der Waals surface area contributed by atoms with Crippen molar-refractivity contribution in [2.75, 3.05) is 0 Å². The Morgan fingerprint density at radius 1 is 1.17 bits per heavy atom. The van der Waals surface area contributed by atoms with Crippen LogP contribution >= 0.6 is 12.4 Å². The van der Waals surface area contributed by atoms with E-state index in [1.54, 1.807) is 0 Å². The van der Waals surface area contributed by atoms with E-state index in [9.17, 15) is 0 Å². The topological polar surface area (TPSA) is 25.0 Å². The molecule has 2 aromatic rings. The number of nitrogens with one attached hydrogen (secondary N) is 1. The first-order valence-corrected chi connectivity index (χ1v) is 5.77. The molecule has 1 aromatic carbocycles. The highest BCUT2D eigenvalue weighted by Gasteiger charge is 2.19. The maximum Gasteiger partial charge on any atom is 0.144 e. The van der Waals surface area contributed by atoms with Crippen molar-refractivity contribution >= 4 is 29.3 Å². The van der Waals surface area contributed by atoms with Crippen molar-refractivity contribution in [2.45, 2.75) is 6.42 Å². The van der Waals surface area contributed by atoms with Gasteiger partial charge in [0.2, 0.25) is 0 Å². The normalized spacial score (nSPS) is 16.0. The zero-order valence-corrected chi connectivity index (χ0v) is 10.5. The van der Waals surface area contributed by atoms with Gasteiger partial charge in [0, 0.05) is 28.7 Å². The Labute approximate surface area is 111 Å². The molecule has 4 rings (SSSR count). The lowest BCUT2D eigenvalue weighted by molar-refractivity contribution is 0.433. The van der Waals surface area contributed by atoms with Gasteiger partial charge in [0.05, 0.1) is 0 Å². The van der Waals surface area contributed by atoms with Gasteiger partial charge in [-0.15, -0.1) is 12.4 Å². The molecule has 1 aliphatic heterocycles. The van der Waals surface area contributed by atoms with Crippen molar-refractivity contribution in [2.24, 2.45) is 0 Å². The van der Waals surface area contributed by atoms with Crippen LogP contribution in [0.15, 0.2) is 54.1 Å². The minimum absolute atomic E-state index is 0. The van der Waals surface area contributed by atoms with E-state index >= 15 is 0 Å². The van der Waals surface area contributed by atoms with Crippen LogP contribution in [0.2, 0.25) is 0 Å². The van der Waals surface area contributed by atoms with E-state index in [0.29, 0.717) is 0 Å². The lowest BCUT2D eigenvalue weighted by Gasteiger charge is -2.22. The van der Waals surface area contributed by atoms with Crippen LogP contribution < -0.4 is 4.74 Å². The molecule has 1 aromatic heterocycles. The number of fused-ring (bicyclic) bond motifs is 4. The van der Waals surface area contributed by atoms with Crippen LogP contribution in [0.1, 0.15) is 12.0 Å². The van der Waals surface area contributed by atoms with Gasteiger partial charge >= 0.3 is 0 Å². The summed E-state index contributed by atoms with van der Waals surface area (Å²) in [6, 6.07) is 4.24. The molecule has 1 aliphatic carbocycles. The first-order valence-electron chi connectivity index (χ1n) is 5.77. The second-order valence-electron chi connectivity index (χ2n) is 4.38. The fourth-order valence-corrected chi connectivity index (χ4v) is 2.43. The van der Waals surface area contributed by atoms with Gasteiger partial charge in [0.15, 0.2) is 0 Å². The Morgan fingerprint density at radius 3 is 3.06 bits per heavy atom. The summed E-state index contributed by atoms with van der Waals surface area (Å²) in [6.07, 6.45) is 13.4. The van der Waals surface area contributed by atoms with E-state index < -0.39 is 0 Å². The molecule has 18 heavy (non-hydrogen) atoms. The third-order valence-electron chi connectivity index (χ3n) is 3.31. The van der Waals surface area contributed by atoms with Gasteiger partial charge in [-0.3, -0.25) is 0 Å². The molecule has 0 atom stereocenters. The van der Waals surface area contributed by atoms with Crippen molar-refractivity contribution in [3.8, 4) is 5.75 Å². The van der Waals surface area contributed by atoms with E-state index in [1.165, 1.54) is 16.5 Å². The SMILES string of the molecule is C1=CCC2=Cc3ccc4c[nH]cc4c3OC2=C1.Cl. The molecular formula is C15H12ClNO. The summed E-state index contributed by atoms with van der Waals surface area (Å²) < 4.78 is 6.03. The van der Waals surface area contributed by atoms with Crippen LogP contribution in [0.4, 0.5) is 0 Å². The lowest BCUT2D eigenvalue weighted by Crippen LogP contribution is -2.06. The number of H-pyrrole nitrogens is 1. The summed E-state index contributed by atoms with van der Waals surface area (Å²) in [4.78, 5) is 3.13. The largest absolute Gasteiger partial charge is 0.456 e. The van der Waals surface area contributed by atoms with Crippen molar-refractivity contribution in [3.63, 3.8) is 0 Å². The molecular weight excluding hydrogens is 246 g/mol. The average Bonchev–Trinajstić information content (AvgIpc) is 2.85. The fraction of sp³-hybridized carbons (Fsp3) is 0.0667.